The minimum atomic E-state index is -3.69. The summed E-state index contributed by atoms with van der Waals surface area (Å²) in [6.45, 7) is 2.91. The van der Waals surface area contributed by atoms with Crippen LogP contribution in [0.5, 0.6) is 0 Å². The van der Waals surface area contributed by atoms with E-state index in [2.05, 4.69) is 15.3 Å². The van der Waals surface area contributed by atoms with Crippen molar-refractivity contribution in [1.29, 1.82) is 0 Å². The van der Waals surface area contributed by atoms with Crippen LogP contribution >= 0.6 is 0 Å². The van der Waals surface area contributed by atoms with Crippen molar-refractivity contribution < 1.29 is 17.9 Å². The number of carbonyl (C=O) groups is 1. The molecular formula is C19H24N4O6S. The van der Waals surface area contributed by atoms with E-state index in [1.54, 1.807) is 25.1 Å². The van der Waals surface area contributed by atoms with Gasteiger partial charge in [0.05, 0.1) is 18.1 Å². The first kappa shape index (κ1) is 21.9. The molecule has 2 heterocycles. The summed E-state index contributed by atoms with van der Waals surface area (Å²) in [5.74, 6) is -0.335. The van der Waals surface area contributed by atoms with Crippen molar-refractivity contribution in [3.05, 3.63) is 61.9 Å². The van der Waals surface area contributed by atoms with Crippen LogP contribution in [0.2, 0.25) is 0 Å². The first-order valence-corrected chi connectivity index (χ1v) is 11.0. The Kier molecular flexibility index (Phi) is 6.85. The van der Waals surface area contributed by atoms with Gasteiger partial charge in [0, 0.05) is 37.3 Å². The first-order valence-electron chi connectivity index (χ1n) is 9.53. The van der Waals surface area contributed by atoms with E-state index in [1.165, 1.54) is 10.4 Å². The fraction of sp³-hybridized carbons (Fsp3) is 0.421. The van der Waals surface area contributed by atoms with E-state index in [0.717, 1.165) is 0 Å². The van der Waals surface area contributed by atoms with Crippen molar-refractivity contribution in [3.63, 3.8) is 0 Å². The minimum Gasteiger partial charge on any atom is -0.379 e. The maximum Gasteiger partial charge on any atom is 0.325 e. The molecule has 2 aromatic rings. The van der Waals surface area contributed by atoms with Crippen LogP contribution in [0.15, 0.2) is 38.8 Å². The zero-order chi connectivity index (χ0) is 21.7. The van der Waals surface area contributed by atoms with E-state index in [9.17, 15) is 22.8 Å². The number of rotatable bonds is 7. The Balaban J connectivity index is 1.66. The standard InChI is InChI=1S/C19H24N4O6S/c1-13-15(18(25)22-19(26)21-13)6-7-17(24)20-12-14-4-2-3-5-16(14)30(27,28)23-8-10-29-11-9-23/h2-5H,6-12H2,1H3,(H,20,24)(H2,21,22,25,26). The van der Waals surface area contributed by atoms with Gasteiger partial charge in [-0.25, -0.2) is 13.2 Å². The van der Waals surface area contributed by atoms with Crippen LogP contribution in [0.1, 0.15) is 23.2 Å². The fourth-order valence-corrected chi connectivity index (χ4v) is 4.91. The van der Waals surface area contributed by atoms with Crippen LogP contribution < -0.4 is 16.6 Å². The lowest BCUT2D eigenvalue weighted by atomic mass is 10.1. The molecule has 3 N–H and O–H groups in total. The molecule has 0 atom stereocenters. The highest BCUT2D eigenvalue weighted by Gasteiger charge is 2.28. The Bertz CT molecular complexity index is 1130. The van der Waals surface area contributed by atoms with Gasteiger partial charge in [-0.2, -0.15) is 4.31 Å². The second-order valence-corrected chi connectivity index (χ2v) is 8.82. The molecule has 1 aromatic heterocycles. The Morgan fingerprint density at radius 3 is 2.57 bits per heavy atom. The summed E-state index contributed by atoms with van der Waals surface area (Å²) >= 11 is 0. The number of aromatic nitrogens is 2. The lowest BCUT2D eigenvalue weighted by Crippen LogP contribution is -2.41. The van der Waals surface area contributed by atoms with Crippen LogP contribution in [0.4, 0.5) is 0 Å². The van der Waals surface area contributed by atoms with E-state index in [-0.39, 0.29) is 43.3 Å². The Morgan fingerprint density at radius 1 is 1.17 bits per heavy atom. The summed E-state index contributed by atoms with van der Waals surface area (Å²) in [6.07, 6.45) is 0.172. The van der Waals surface area contributed by atoms with Crippen LogP contribution in [-0.4, -0.2) is 54.9 Å². The van der Waals surface area contributed by atoms with E-state index >= 15 is 0 Å². The number of aryl methyl sites for hydroxylation is 1. The number of nitrogens with one attached hydrogen (secondary N) is 3. The summed E-state index contributed by atoms with van der Waals surface area (Å²) < 4.78 is 32.5. The maximum absolute atomic E-state index is 13.0. The summed E-state index contributed by atoms with van der Waals surface area (Å²) in [6, 6.07) is 6.53. The molecule has 0 spiro atoms. The average Bonchev–Trinajstić information content (AvgIpc) is 2.72. The summed E-state index contributed by atoms with van der Waals surface area (Å²) in [4.78, 5) is 40.2. The van der Waals surface area contributed by atoms with Gasteiger partial charge in [0.2, 0.25) is 15.9 Å². The average molecular weight is 436 g/mol. The number of hydrogen-bond donors (Lipinski definition) is 3. The Morgan fingerprint density at radius 2 is 1.87 bits per heavy atom. The van der Waals surface area contributed by atoms with Gasteiger partial charge >= 0.3 is 5.69 Å². The van der Waals surface area contributed by atoms with E-state index in [1.807, 2.05) is 0 Å². The molecule has 0 radical (unpaired) electrons. The van der Waals surface area contributed by atoms with Gasteiger partial charge in [-0.05, 0) is 25.0 Å². The number of sulfonamides is 1. The SMILES string of the molecule is Cc1[nH]c(=O)[nH]c(=O)c1CCC(=O)NCc1ccccc1S(=O)(=O)N1CCOCC1. The lowest BCUT2D eigenvalue weighted by Gasteiger charge is -2.27. The van der Waals surface area contributed by atoms with Crippen molar-refractivity contribution in [2.45, 2.75) is 31.2 Å². The molecule has 0 unspecified atom stereocenters. The molecule has 10 nitrogen and oxygen atoms in total. The summed E-state index contributed by atoms with van der Waals surface area (Å²) in [7, 11) is -3.69. The van der Waals surface area contributed by atoms with Gasteiger partial charge in [-0.1, -0.05) is 18.2 Å². The van der Waals surface area contributed by atoms with Crippen LogP contribution in [0, 0.1) is 6.92 Å². The largest absolute Gasteiger partial charge is 0.379 e. The zero-order valence-corrected chi connectivity index (χ0v) is 17.4. The molecule has 162 valence electrons. The molecule has 1 saturated heterocycles. The lowest BCUT2D eigenvalue weighted by molar-refractivity contribution is -0.121. The minimum absolute atomic E-state index is 0.0222. The second kappa shape index (κ2) is 9.37. The summed E-state index contributed by atoms with van der Waals surface area (Å²) in [5, 5.41) is 2.70. The monoisotopic (exact) mass is 436 g/mol. The number of H-pyrrole nitrogens is 2. The number of ether oxygens (including phenoxy) is 1. The Hall–Kier alpha value is -2.76. The highest BCUT2D eigenvalue weighted by Crippen LogP contribution is 2.21. The van der Waals surface area contributed by atoms with Crippen LogP contribution in [0.3, 0.4) is 0 Å². The fourth-order valence-electron chi connectivity index (χ4n) is 3.28. The molecule has 0 bridgehead atoms. The smallest absolute Gasteiger partial charge is 0.325 e. The summed E-state index contributed by atoms with van der Waals surface area (Å²) in [5.41, 5.74) is 0.115. The molecule has 3 rings (SSSR count). The molecule has 1 fully saturated rings. The Labute approximate surface area is 173 Å². The van der Waals surface area contributed by atoms with E-state index in [0.29, 0.717) is 30.0 Å². The third kappa shape index (κ3) is 5.04. The third-order valence-corrected chi connectivity index (χ3v) is 6.89. The third-order valence-electron chi connectivity index (χ3n) is 4.89. The molecule has 0 aliphatic carbocycles. The van der Waals surface area contributed by atoms with E-state index < -0.39 is 21.3 Å². The van der Waals surface area contributed by atoms with Gasteiger partial charge in [-0.3, -0.25) is 14.6 Å². The molecule has 11 heteroatoms. The number of nitrogens with zero attached hydrogens (tertiary/aromatic N) is 1. The van der Waals surface area contributed by atoms with Gasteiger partial charge in [0.25, 0.3) is 5.56 Å². The van der Waals surface area contributed by atoms with Gasteiger partial charge < -0.3 is 15.0 Å². The van der Waals surface area contributed by atoms with Crippen molar-refractivity contribution in [2.24, 2.45) is 0 Å². The number of hydrogen-bond acceptors (Lipinski definition) is 6. The second-order valence-electron chi connectivity index (χ2n) is 6.91. The number of aromatic amines is 2. The van der Waals surface area contributed by atoms with Crippen molar-refractivity contribution >= 4 is 15.9 Å². The van der Waals surface area contributed by atoms with Gasteiger partial charge in [-0.15, -0.1) is 0 Å². The number of amides is 1. The molecule has 0 saturated carbocycles. The number of carbonyl (C=O) groups excluding carboxylic acids is 1. The molecule has 1 aliphatic heterocycles. The van der Waals surface area contributed by atoms with Gasteiger partial charge in [0.1, 0.15) is 0 Å². The van der Waals surface area contributed by atoms with Crippen molar-refractivity contribution in [1.82, 2.24) is 19.6 Å². The quantitative estimate of drug-likeness (QED) is 0.541. The van der Waals surface area contributed by atoms with Crippen LogP contribution in [-0.2, 0) is 32.5 Å². The normalized spacial score (nSPS) is 15.1. The number of morpholine rings is 1. The highest BCUT2D eigenvalue weighted by atomic mass is 32.2. The first-order chi connectivity index (χ1) is 14.3. The van der Waals surface area contributed by atoms with Gasteiger partial charge in [0.15, 0.2) is 0 Å². The topological polar surface area (TPSA) is 141 Å². The molecule has 1 amide bonds. The molecule has 30 heavy (non-hydrogen) atoms. The zero-order valence-electron chi connectivity index (χ0n) is 16.6. The highest BCUT2D eigenvalue weighted by molar-refractivity contribution is 7.89. The molecular weight excluding hydrogens is 412 g/mol. The molecule has 1 aromatic carbocycles. The molecule has 1 aliphatic rings. The van der Waals surface area contributed by atoms with Crippen molar-refractivity contribution in [2.75, 3.05) is 26.3 Å². The maximum atomic E-state index is 13.0. The predicted molar refractivity (Wildman–Crippen MR) is 109 cm³/mol. The predicted octanol–water partition coefficient (Wildman–Crippen LogP) is -0.358. The van der Waals surface area contributed by atoms with Crippen molar-refractivity contribution in [3.8, 4) is 0 Å². The van der Waals surface area contributed by atoms with E-state index in [4.69, 9.17) is 4.74 Å². The van der Waals surface area contributed by atoms with Crippen LogP contribution in [0.25, 0.3) is 0 Å². The number of benzene rings is 1.